The number of hydrogen-bond donors (Lipinski definition) is 4. The van der Waals surface area contributed by atoms with Gasteiger partial charge in [-0.05, 0) is 43.3 Å². The number of rotatable bonds is 5. The third-order valence-corrected chi connectivity index (χ3v) is 4.25. The van der Waals surface area contributed by atoms with Gasteiger partial charge in [0.2, 0.25) is 5.96 Å². The number of phenols is 1. The average Bonchev–Trinajstić information content (AvgIpc) is 3.04. The molecule has 0 aliphatic carbocycles. The highest BCUT2D eigenvalue weighted by Gasteiger charge is 2.15. The second-order valence-corrected chi connectivity index (χ2v) is 6.70. The van der Waals surface area contributed by atoms with Crippen LogP contribution in [0.15, 0.2) is 41.4 Å². The van der Waals surface area contributed by atoms with Crippen molar-refractivity contribution < 1.29 is 19.0 Å². The van der Waals surface area contributed by atoms with Crippen LogP contribution in [0.3, 0.4) is 0 Å². The number of anilines is 1. The molecule has 1 atom stereocenters. The predicted molar refractivity (Wildman–Crippen MR) is 109 cm³/mol. The minimum atomic E-state index is -0.594. The molecule has 0 fully saturated rings. The summed E-state index contributed by atoms with van der Waals surface area (Å²) in [5.74, 6) is -0.620. The summed E-state index contributed by atoms with van der Waals surface area (Å²) in [6, 6.07) is 8.13. The van der Waals surface area contributed by atoms with E-state index in [1.165, 1.54) is 36.4 Å². The van der Waals surface area contributed by atoms with Gasteiger partial charge in [-0.2, -0.15) is 5.10 Å². The highest BCUT2D eigenvalue weighted by Crippen LogP contribution is 2.26. The first kappa shape index (κ1) is 20.6. The summed E-state index contributed by atoms with van der Waals surface area (Å²) in [5, 5.41) is 22.2. The molecule has 3 rings (SSSR count). The molecule has 1 unspecified atom stereocenters. The van der Waals surface area contributed by atoms with Gasteiger partial charge in [0.05, 0.1) is 23.2 Å². The Balaban J connectivity index is 1.89. The lowest BCUT2D eigenvalue weighted by Crippen LogP contribution is -2.37. The number of amides is 1. The number of methoxy groups -OCH3 is 1. The van der Waals surface area contributed by atoms with E-state index in [0.717, 1.165) is 0 Å². The molecule has 0 bridgehead atoms. The van der Waals surface area contributed by atoms with Crippen molar-refractivity contribution in [2.24, 2.45) is 4.99 Å². The van der Waals surface area contributed by atoms with E-state index in [2.05, 4.69) is 25.8 Å². The number of aromatic nitrogens is 2. The van der Waals surface area contributed by atoms with Gasteiger partial charge in [-0.3, -0.25) is 15.2 Å². The second-order valence-electron chi connectivity index (χ2n) is 6.29. The summed E-state index contributed by atoms with van der Waals surface area (Å²) in [5.41, 5.74) is 0.842. The fourth-order valence-electron chi connectivity index (χ4n) is 2.61. The number of H-pyrrole nitrogens is 1. The highest BCUT2D eigenvalue weighted by atomic mass is 35.5. The molecule has 152 valence electrons. The molecule has 0 aliphatic heterocycles. The molecule has 1 amide bonds. The highest BCUT2D eigenvalue weighted by molar-refractivity contribution is 6.31. The van der Waals surface area contributed by atoms with Gasteiger partial charge < -0.3 is 15.2 Å². The molecular weight excluding hydrogens is 401 g/mol. The molecule has 4 N–H and O–H groups in total. The number of guanidine groups is 1. The number of nitrogens with zero attached hydrogens (tertiary/aromatic N) is 2. The van der Waals surface area contributed by atoms with Crippen LogP contribution in [0.25, 0.3) is 10.9 Å². The quantitative estimate of drug-likeness (QED) is 0.374. The topological polar surface area (TPSA) is 112 Å². The van der Waals surface area contributed by atoms with E-state index >= 15 is 0 Å². The first-order chi connectivity index (χ1) is 13.9. The van der Waals surface area contributed by atoms with Crippen molar-refractivity contribution in [2.45, 2.75) is 13.0 Å². The van der Waals surface area contributed by atoms with Gasteiger partial charge in [0, 0.05) is 18.1 Å². The number of aromatic hydroxyl groups is 1. The van der Waals surface area contributed by atoms with Gasteiger partial charge >= 0.3 is 0 Å². The van der Waals surface area contributed by atoms with Crippen molar-refractivity contribution in [3.63, 3.8) is 0 Å². The Morgan fingerprint density at radius 3 is 2.79 bits per heavy atom. The fourth-order valence-corrected chi connectivity index (χ4v) is 2.77. The van der Waals surface area contributed by atoms with Gasteiger partial charge in [0.1, 0.15) is 11.6 Å². The number of hydrogen-bond acceptors (Lipinski definition) is 5. The third kappa shape index (κ3) is 5.01. The van der Waals surface area contributed by atoms with E-state index in [-0.39, 0.29) is 28.6 Å². The lowest BCUT2D eigenvalue weighted by molar-refractivity contribution is 0.0976. The minimum Gasteiger partial charge on any atom is -0.508 e. The molecule has 2 aromatic carbocycles. The summed E-state index contributed by atoms with van der Waals surface area (Å²) in [7, 11) is 1.54. The van der Waals surface area contributed by atoms with Crippen LogP contribution in [0.1, 0.15) is 17.3 Å². The third-order valence-electron chi connectivity index (χ3n) is 3.96. The number of carbonyl (C=O) groups is 1. The lowest BCUT2D eigenvalue weighted by Gasteiger charge is -2.13. The Bertz CT molecular complexity index is 1050. The zero-order valence-corrected chi connectivity index (χ0v) is 16.4. The predicted octanol–water partition coefficient (Wildman–Crippen LogP) is 3.29. The number of fused-ring (bicyclic) bond motifs is 1. The van der Waals surface area contributed by atoms with Crippen molar-refractivity contribution in [1.29, 1.82) is 0 Å². The second kappa shape index (κ2) is 8.89. The Labute approximate surface area is 170 Å². The van der Waals surface area contributed by atoms with Crippen LogP contribution >= 0.6 is 11.6 Å². The summed E-state index contributed by atoms with van der Waals surface area (Å²) in [6.45, 7) is 2.13. The van der Waals surface area contributed by atoms with Crippen LogP contribution in [0.4, 0.5) is 10.2 Å². The summed E-state index contributed by atoms with van der Waals surface area (Å²) in [6.07, 6.45) is 0. The average molecular weight is 420 g/mol. The van der Waals surface area contributed by atoms with Gasteiger partial charge in [0.25, 0.3) is 5.91 Å². The summed E-state index contributed by atoms with van der Waals surface area (Å²) >= 11 is 5.80. The zero-order valence-electron chi connectivity index (χ0n) is 15.7. The molecule has 0 saturated carbocycles. The first-order valence-corrected chi connectivity index (χ1v) is 9.02. The van der Waals surface area contributed by atoms with Crippen molar-refractivity contribution >= 4 is 40.2 Å². The largest absolute Gasteiger partial charge is 0.508 e. The maximum Gasteiger partial charge on any atom is 0.257 e. The molecule has 29 heavy (non-hydrogen) atoms. The van der Waals surface area contributed by atoms with E-state index in [1.54, 1.807) is 14.0 Å². The smallest absolute Gasteiger partial charge is 0.257 e. The van der Waals surface area contributed by atoms with E-state index < -0.39 is 11.7 Å². The minimum absolute atomic E-state index is 0.0315. The van der Waals surface area contributed by atoms with Gasteiger partial charge in [-0.25, -0.2) is 9.38 Å². The monoisotopic (exact) mass is 419 g/mol. The molecular formula is C19H19ClFN5O3. The molecule has 0 aliphatic rings. The molecule has 10 heteroatoms. The molecule has 3 aromatic rings. The number of ether oxygens (including phenoxy) is 1. The van der Waals surface area contributed by atoms with Crippen LogP contribution in [0.5, 0.6) is 5.75 Å². The first-order valence-electron chi connectivity index (χ1n) is 8.64. The summed E-state index contributed by atoms with van der Waals surface area (Å²) in [4.78, 5) is 16.9. The summed E-state index contributed by atoms with van der Waals surface area (Å²) < 4.78 is 19.0. The van der Waals surface area contributed by atoms with Gasteiger partial charge in [0.15, 0.2) is 5.82 Å². The SMILES string of the molecule is COCC(C)N=C(NC(=O)c1ccc(O)cc1)Nc1n[nH]c2cc(Cl)c(F)cc12. The molecule has 8 nitrogen and oxygen atoms in total. The maximum atomic E-state index is 13.9. The van der Waals surface area contributed by atoms with E-state index in [4.69, 9.17) is 16.3 Å². The van der Waals surface area contributed by atoms with Crippen LogP contribution in [-0.4, -0.2) is 46.9 Å². The van der Waals surface area contributed by atoms with Crippen LogP contribution < -0.4 is 10.6 Å². The Morgan fingerprint density at radius 2 is 2.10 bits per heavy atom. The zero-order chi connectivity index (χ0) is 21.0. The number of aromatic amines is 1. The van der Waals surface area contributed by atoms with E-state index in [1.807, 2.05) is 0 Å². The van der Waals surface area contributed by atoms with E-state index in [9.17, 15) is 14.3 Å². The van der Waals surface area contributed by atoms with Crippen molar-refractivity contribution in [1.82, 2.24) is 15.5 Å². The van der Waals surface area contributed by atoms with Crippen LogP contribution in [0.2, 0.25) is 5.02 Å². The van der Waals surface area contributed by atoms with Crippen LogP contribution in [-0.2, 0) is 4.74 Å². The normalized spacial score (nSPS) is 12.8. The number of halogens is 2. The van der Waals surface area contributed by atoms with Crippen molar-refractivity contribution in [3.05, 3.63) is 52.8 Å². The van der Waals surface area contributed by atoms with Gasteiger partial charge in [-0.15, -0.1) is 0 Å². The number of aliphatic imine (C=N–C) groups is 1. The number of phenolic OH excluding ortho intramolecular Hbond substituents is 1. The van der Waals surface area contributed by atoms with Crippen molar-refractivity contribution in [2.75, 3.05) is 19.0 Å². The Hall–Kier alpha value is -3.17. The maximum absolute atomic E-state index is 13.9. The molecule has 0 radical (unpaired) electrons. The number of carbonyl (C=O) groups excluding carboxylic acids is 1. The number of benzene rings is 2. The van der Waals surface area contributed by atoms with Crippen molar-refractivity contribution in [3.8, 4) is 5.75 Å². The fraction of sp³-hybridized carbons (Fsp3) is 0.211. The molecule has 1 heterocycles. The van der Waals surface area contributed by atoms with Gasteiger partial charge in [-0.1, -0.05) is 11.6 Å². The van der Waals surface area contributed by atoms with E-state index in [0.29, 0.717) is 23.1 Å². The Kier molecular flexibility index (Phi) is 6.30. The van der Waals surface area contributed by atoms with Crippen LogP contribution in [0, 0.1) is 5.82 Å². The molecule has 0 spiro atoms. The Morgan fingerprint density at radius 1 is 1.38 bits per heavy atom. The lowest BCUT2D eigenvalue weighted by atomic mass is 10.2. The number of nitrogens with one attached hydrogen (secondary N) is 3. The molecule has 1 aromatic heterocycles. The molecule has 0 saturated heterocycles. The standard InChI is InChI=1S/C19H19ClFN5O3/c1-10(9-29-2)22-19(24-18(28)11-3-5-12(27)6-4-11)23-17-13-7-15(21)14(20)8-16(13)25-26-17/h3-8,10,27H,9H2,1-2H3,(H3,22,23,24,25,26,28).